The lowest BCUT2D eigenvalue weighted by Gasteiger charge is -2.11. The van der Waals surface area contributed by atoms with Crippen LogP contribution in [-0.2, 0) is 17.8 Å². The van der Waals surface area contributed by atoms with Crippen molar-refractivity contribution in [3.63, 3.8) is 0 Å². The summed E-state index contributed by atoms with van der Waals surface area (Å²) in [5.41, 5.74) is 3.87. The first kappa shape index (κ1) is 21.4. The van der Waals surface area contributed by atoms with E-state index < -0.39 is 23.1 Å². The molecular weight excluding hydrogens is 437 g/mol. The zero-order valence-corrected chi connectivity index (χ0v) is 18.4. The van der Waals surface area contributed by atoms with Crippen LogP contribution in [0.15, 0.2) is 60.9 Å². The standard InChI is InChI=1S/C23H19ClFN3O2S/c1-3-14-6-8-15(9-7-14)18-13-28(22-16(18)5-4-10-26-22)21-12-20(25)17(11-19(21)24)23(29)27-31(2)30/h4-13H,3H2,1-2H3,(H,27,29). The Bertz CT molecular complexity index is 1270. The molecule has 5 nitrogen and oxygen atoms in total. The van der Waals surface area contributed by atoms with Crippen molar-refractivity contribution in [1.82, 2.24) is 14.3 Å². The summed E-state index contributed by atoms with van der Waals surface area (Å²) < 4.78 is 29.9. The second-order valence-electron chi connectivity index (χ2n) is 7.01. The monoisotopic (exact) mass is 455 g/mol. The fourth-order valence-corrected chi connectivity index (χ4v) is 4.10. The molecule has 0 saturated heterocycles. The molecule has 8 heteroatoms. The van der Waals surface area contributed by atoms with E-state index in [1.165, 1.54) is 24.0 Å². The van der Waals surface area contributed by atoms with Gasteiger partial charge in [0.15, 0.2) is 0 Å². The molecule has 4 aromatic rings. The molecule has 1 unspecified atom stereocenters. The first-order valence-corrected chi connectivity index (χ1v) is 11.5. The molecule has 2 aromatic heterocycles. The van der Waals surface area contributed by atoms with Gasteiger partial charge in [0.2, 0.25) is 0 Å². The molecule has 31 heavy (non-hydrogen) atoms. The number of hydrogen-bond donors (Lipinski definition) is 1. The summed E-state index contributed by atoms with van der Waals surface area (Å²) in [6.07, 6.45) is 5.76. The van der Waals surface area contributed by atoms with Crippen LogP contribution in [0.3, 0.4) is 0 Å². The Morgan fingerprint density at radius 3 is 2.68 bits per heavy atom. The van der Waals surface area contributed by atoms with E-state index >= 15 is 0 Å². The maximum absolute atomic E-state index is 14.8. The quantitative estimate of drug-likeness (QED) is 0.427. The highest BCUT2D eigenvalue weighted by atomic mass is 35.5. The maximum atomic E-state index is 14.8. The maximum Gasteiger partial charge on any atom is 0.295 e. The van der Waals surface area contributed by atoms with Crippen LogP contribution in [-0.4, -0.2) is 26.3 Å². The molecule has 0 fully saturated rings. The summed E-state index contributed by atoms with van der Waals surface area (Å²) in [5, 5.41) is 1.07. The minimum absolute atomic E-state index is 0.170. The van der Waals surface area contributed by atoms with Crippen LogP contribution in [0.1, 0.15) is 22.8 Å². The van der Waals surface area contributed by atoms with Crippen LogP contribution in [0.4, 0.5) is 4.39 Å². The molecular formula is C23H19ClFN3O2S. The number of fused-ring (bicyclic) bond motifs is 1. The fraction of sp³-hybridized carbons (Fsp3) is 0.130. The molecule has 2 aromatic carbocycles. The number of carbonyl (C=O) groups excluding carboxylic acids is 1. The molecule has 2 heterocycles. The summed E-state index contributed by atoms with van der Waals surface area (Å²) in [6, 6.07) is 14.5. The van der Waals surface area contributed by atoms with Crippen LogP contribution in [0, 0.1) is 5.82 Å². The SMILES string of the molecule is CCc1ccc(-c2cn(-c3cc(F)c(C(=O)N[S+](C)[O-])cc3Cl)c3ncccc23)cc1. The Balaban J connectivity index is 1.85. The molecule has 1 atom stereocenters. The first-order valence-electron chi connectivity index (χ1n) is 9.58. The predicted molar refractivity (Wildman–Crippen MR) is 122 cm³/mol. The van der Waals surface area contributed by atoms with Crippen LogP contribution in [0.25, 0.3) is 27.8 Å². The predicted octanol–water partition coefficient (Wildman–Crippen LogP) is 5.07. The Kier molecular flexibility index (Phi) is 6.00. The lowest BCUT2D eigenvalue weighted by molar-refractivity contribution is 0.0977. The highest BCUT2D eigenvalue weighted by Gasteiger charge is 2.20. The van der Waals surface area contributed by atoms with Crippen LogP contribution in [0.5, 0.6) is 0 Å². The number of amides is 1. The van der Waals surface area contributed by atoms with Gasteiger partial charge in [0, 0.05) is 29.4 Å². The van der Waals surface area contributed by atoms with E-state index in [1.807, 2.05) is 30.5 Å². The average molecular weight is 456 g/mol. The van der Waals surface area contributed by atoms with E-state index in [9.17, 15) is 13.7 Å². The van der Waals surface area contributed by atoms with Crippen molar-refractivity contribution in [2.45, 2.75) is 13.3 Å². The summed E-state index contributed by atoms with van der Waals surface area (Å²) in [7, 11) is 0. The molecule has 1 N–H and O–H groups in total. The van der Waals surface area contributed by atoms with Gasteiger partial charge in [-0.3, -0.25) is 9.36 Å². The van der Waals surface area contributed by atoms with Gasteiger partial charge in [0.05, 0.1) is 27.6 Å². The van der Waals surface area contributed by atoms with E-state index in [2.05, 4.69) is 28.8 Å². The number of pyridine rings is 1. The van der Waals surface area contributed by atoms with Crippen molar-refractivity contribution in [3.05, 3.63) is 82.9 Å². The van der Waals surface area contributed by atoms with Gasteiger partial charge in [-0.15, -0.1) is 0 Å². The van der Waals surface area contributed by atoms with Crippen molar-refractivity contribution in [2.75, 3.05) is 6.26 Å². The molecule has 4 rings (SSSR count). The van der Waals surface area contributed by atoms with Gasteiger partial charge in [0.25, 0.3) is 5.91 Å². The van der Waals surface area contributed by atoms with E-state index in [0.29, 0.717) is 11.3 Å². The number of aromatic nitrogens is 2. The number of aryl methyl sites for hydroxylation is 1. The van der Waals surface area contributed by atoms with Crippen molar-refractivity contribution in [1.29, 1.82) is 0 Å². The summed E-state index contributed by atoms with van der Waals surface area (Å²) >= 11 is 4.82. The normalized spacial score (nSPS) is 12.2. The van der Waals surface area contributed by atoms with E-state index in [0.717, 1.165) is 22.9 Å². The second-order valence-corrected chi connectivity index (χ2v) is 8.53. The smallest absolute Gasteiger partial charge is 0.295 e. The number of benzene rings is 2. The molecule has 0 aliphatic carbocycles. The van der Waals surface area contributed by atoms with E-state index in [4.69, 9.17) is 11.6 Å². The van der Waals surface area contributed by atoms with Crippen LogP contribution < -0.4 is 4.72 Å². The molecule has 0 aliphatic heterocycles. The fourth-order valence-electron chi connectivity index (χ4n) is 3.47. The Labute approximate surface area is 187 Å². The third-order valence-electron chi connectivity index (χ3n) is 5.01. The third-order valence-corrected chi connectivity index (χ3v) is 5.79. The number of carbonyl (C=O) groups is 1. The van der Waals surface area contributed by atoms with Crippen molar-refractivity contribution >= 4 is 39.9 Å². The number of hydrogen-bond acceptors (Lipinski definition) is 3. The average Bonchev–Trinajstić information content (AvgIpc) is 3.14. The van der Waals surface area contributed by atoms with Gasteiger partial charge in [-0.1, -0.05) is 42.8 Å². The molecule has 0 aliphatic rings. The number of nitrogens with one attached hydrogen (secondary N) is 1. The molecule has 1 amide bonds. The molecule has 0 saturated carbocycles. The second kappa shape index (κ2) is 8.70. The summed E-state index contributed by atoms with van der Waals surface area (Å²) in [4.78, 5) is 16.6. The van der Waals surface area contributed by atoms with Crippen molar-refractivity contribution in [2.24, 2.45) is 0 Å². The van der Waals surface area contributed by atoms with Gasteiger partial charge >= 0.3 is 0 Å². The Morgan fingerprint density at radius 2 is 2.00 bits per heavy atom. The third kappa shape index (κ3) is 4.17. The lowest BCUT2D eigenvalue weighted by Crippen LogP contribution is -2.30. The van der Waals surface area contributed by atoms with Crippen molar-refractivity contribution in [3.8, 4) is 16.8 Å². The number of halogens is 2. The molecule has 0 spiro atoms. The first-order chi connectivity index (χ1) is 14.9. The minimum Gasteiger partial charge on any atom is -0.593 e. The Hall–Kier alpha value is -2.87. The highest BCUT2D eigenvalue weighted by Crippen LogP contribution is 2.34. The Morgan fingerprint density at radius 1 is 1.26 bits per heavy atom. The summed E-state index contributed by atoms with van der Waals surface area (Å²) in [6.45, 7) is 2.10. The topological polar surface area (TPSA) is 70.0 Å². The zero-order chi connectivity index (χ0) is 22.1. The van der Waals surface area contributed by atoms with Crippen LogP contribution in [0.2, 0.25) is 5.02 Å². The van der Waals surface area contributed by atoms with Crippen LogP contribution >= 0.6 is 11.6 Å². The van der Waals surface area contributed by atoms with Gasteiger partial charge in [0.1, 0.15) is 17.7 Å². The zero-order valence-electron chi connectivity index (χ0n) is 16.9. The minimum atomic E-state index is -1.62. The highest BCUT2D eigenvalue weighted by molar-refractivity contribution is 7.89. The van der Waals surface area contributed by atoms with Crippen molar-refractivity contribution < 1.29 is 13.7 Å². The number of rotatable bonds is 5. The lowest BCUT2D eigenvalue weighted by atomic mass is 10.0. The van der Waals surface area contributed by atoms with E-state index in [-0.39, 0.29) is 10.6 Å². The van der Waals surface area contributed by atoms with Gasteiger partial charge in [-0.05, 0) is 35.7 Å². The summed E-state index contributed by atoms with van der Waals surface area (Å²) in [5.74, 6) is -1.56. The molecule has 158 valence electrons. The van der Waals surface area contributed by atoms with Gasteiger partial charge in [-0.2, -0.15) is 4.72 Å². The number of nitrogens with zero attached hydrogens (tertiary/aromatic N) is 2. The van der Waals surface area contributed by atoms with Gasteiger partial charge < -0.3 is 4.55 Å². The van der Waals surface area contributed by atoms with Gasteiger partial charge in [-0.25, -0.2) is 9.37 Å². The van der Waals surface area contributed by atoms with E-state index in [1.54, 1.807) is 10.8 Å². The largest absolute Gasteiger partial charge is 0.593 e. The molecule has 0 bridgehead atoms. The molecule has 0 radical (unpaired) electrons.